The van der Waals surface area contributed by atoms with E-state index in [0.29, 0.717) is 23.7 Å². The van der Waals surface area contributed by atoms with Gasteiger partial charge in [-0.2, -0.15) is 5.10 Å². The van der Waals surface area contributed by atoms with Crippen LogP contribution in [0.1, 0.15) is 11.3 Å². The number of benzene rings is 1. The first-order valence-corrected chi connectivity index (χ1v) is 6.23. The maximum Gasteiger partial charge on any atom is 0.123 e. The molecule has 0 bridgehead atoms. The van der Waals surface area contributed by atoms with Crippen molar-refractivity contribution in [3.05, 3.63) is 41.7 Å². The molecule has 1 aromatic carbocycles. The highest BCUT2D eigenvalue weighted by Crippen LogP contribution is 2.22. The van der Waals surface area contributed by atoms with Crippen molar-refractivity contribution in [3.63, 3.8) is 0 Å². The quantitative estimate of drug-likeness (QED) is 0.614. The van der Waals surface area contributed by atoms with Crippen molar-refractivity contribution in [2.75, 3.05) is 13.7 Å². The van der Waals surface area contributed by atoms with Crippen LogP contribution in [0.2, 0.25) is 0 Å². The first kappa shape index (κ1) is 13.9. The molecule has 20 heavy (non-hydrogen) atoms. The van der Waals surface area contributed by atoms with E-state index in [2.05, 4.69) is 5.10 Å². The zero-order chi connectivity index (χ0) is 14.5. The lowest BCUT2D eigenvalue weighted by atomic mass is 10.2. The van der Waals surface area contributed by atoms with E-state index in [9.17, 15) is 0 Å². The number of aryl methyl sites for hydroxylation is 1. The lowest BCUT2D eigenvalue weighted by molar-refractivity contribution is 0.315. The molecule has 0 radical (unpaired) electrons. The molecule has 2 rings (SSSR count). The van der Waals surface area contributed by atoms with E-state index in [0.717, 1.165) is 12.1 Å². The number of nitrogens with zero attached hydrogens (tertiary/aromatic N) is 2. The van der Waals surface area contributed by atoms with E-state index >= 15 is 0 Å². The fraction of sp³-hybridized carbons (Fsp3) is 0.286. The minimum Gasteiger partial charge on any atom is -0.497 e. The average molecular weight is 274 g/mol. The zero-order valence-electron chi connectivity index (χ0n) is 11.6. The van der Waals surface area contributed by atoms with Gasteiger partial charge in [0.05, 0.1) is 13.7 Å². The second-order valence-corrected chi connectivity index (χ2v) is 4.36. The first-order chi connectivity index (χ1) is 9.60. The Labute approximate surface area is 117 Å². The van der Waals surface area contributed by atoms with Gasteiger partial charge in [0.1, 0.15) is 17.3 Å². The molecule has 1 heterocycles. The molecule has 0 atom stereocenters. The third kappa shape index (κ3) is 3.28. The second kappa shape index (κ2) is 6.10. The largest absolute Gasteiger partial charge is 0.497 e. The minimum atomic E-state index is -0.0135. The highest BCUT2D eigenvalue weighted by molar-refractivity contribution is 5.95. The van der Waals surface area contributed by atoms with Crippen LogP contribution in [-0.2, 0) is 13.5 Å². The summed E-state index contributed by atoms with van der Waals surface area (Å²) in [7, 11) is 3.47. The van der Waals surface area contributed by atoms with Crippen molar-refractivity contribution in [1.29, 1.82) is 5.41 Å². The first-order valence-electron chi connectivity index (χ1n) is 6.23. The van der Waals surface area contributed by atoms with Crippen LogP contribution < -0.4 is 15.2 Å². The van der Waals surface area contributed by atoms with Gasteiger partial charge >= 0.3 is 0 Å². The number of hydrogen-bond donors (Lipinski definition) is 2. The van der Waals surface area contributed by atoms with Crippen LogP contribution in [-0.4, -0.2) is 29.3 Å². The van der Waals surface area contributed by atoms with E-state index in [4.69, 9.17) is 20.6 Å². The Bertz CT molecular complexity index is 607. The van der Waals surface area contributed by atoms with Gasteiger partial charge in [-0.3, -0.25) is 10.1 Å². The van der Waals surface area contributed by atoms with Gasteiger partial charge in [-0.15, -0.1) is 0 Å². The molecular weight excluding hydrogens is 256 g/mol. The standard InChI is InChI=1S/C14H18N4O2/c1-18-11(3-5-17-18)4-6-20-13-8-10(14(15)16)7-12(9-13)19-2/h3,5,7-9H,4,6H2,1-2H3,(H3,15,16). The Morgan fingerprint density at radius 2 is 2.10 bits per heavy atom. The van der Waals surface area contributed by atoms with E-state index < -0.39 is 0 Å². The van der Waals surface area contributed by atoms with Crippen molar-refractivity contribution in [2.24, 2.45) is 12.8 Å². The fourth-order valence-electron chi connectivity index (χ4n) is 1.85. The number of rotatable bonds is 6. The molecule has 1 aromatic heterocycles. The normalized spacial score (nSPS) is 10.3. The summed E-state index contributed by atoms with van der Waals surface area (Å²) in [6.45, 7) is 0.518. The maximum absolute atomic E-state index is 7.48. The number of hydrogen-bond acceptors (Lipinski definition) is 4. The molecule has 6 heteroatoms. The van der Waals surface area contributed by atoms with Crippen LogP contribution in [0, 0.1) is 5.41 Å². The van der Waals surface area contributed by atoms with Gasteiger partial charge in [-0.05, 0) is 18.2 Å². The Kier molecular flexibility index (Phi) is 4.24. The summed E-state index contributed by atoms with van der Waals surface area (Å²) in [6.07, 6.45) is 2.51. The number of methoxy groups -OCH3 is 1. The molecule has 0 aliphatic heterocycles. The lowest BCUT2D eigenvalue weighted by Gasteiger charge is -2.10. The monoisotopic (exact) mass is 274 g/mol. The third-order valence-corrected chi connectivity index (χ3v) is 2.98. The van der Waals surface area contributed by atoms with Crippen LogP contribution in [0.3, 0.4) is 0 Å². The summed E-state index contributed by atoms with van der Waals surface area (Å²) in [5.41, 5.74) is 7.17. The van der Waals surface area contributed by atoms with Gasteiger partial charge < -0.3 is 15.2 Å². The van der Waals surface area contributed by atoms with Crippen molar-refractivity contribution in [1.82, 2.24) is 9.78 Å². The molecule has 2 aromatic rings. The van der Waals surface area contributed by atoms with Crippen LogP contribution in [0.4, 0.5) is 0 Å². The Hall–Kier alpha value is -2.50. The Balaban J connectivity index is 2.03. The zero-order valence-corrected chi connectivity index (χ0v) is 11.6. The maximum atomic E-state index is 7.48. The summed E-state index contributed by atoms with van der Waals surface area (Å²) in [6, 6.07) is 7.16. The van der Waals surface area contributed by atoms with Crippen molar-refractivity contribution >= 4 is 5.84 Å². The minimum absolute atomic E-state index is 0.0135. The second-order valence-electron chi connectivity index (χ2n) is 4.36. The molecule has 3 N–H and O–H groups in total. The third-order valence-electron chi connectivity index (χ3n) is 2.98. The average Bonchev–Trinajstić information content (AvgIpc) is 2.84. The molecule has 0 saturated heterocycles. The summed E-state index contributed by atoms with van der Waals surface area (Å²) >= 11 is 0. The van der Waals surface area contributed by atoms with Crippen molar-refractivity contribution in [3.8, 4) is 11.5 Å². The van der Waals surface area contributed by atoms with E-state index in [1.807, 2.05) is 17.8 Å². The van der Waals surface area contributed by atoms with Crippen molar-refractivity contribution in [2.45, 2.75) is 6.42 Å². The van der Waals surface area contributed by atoms with Crippen molar-refractivity contribution < 1.29 is 9.47 Å². The molecular formula is C14H18N4O2. The van der Waals surface area contributed by atoms with Crippen LogP contribution in [0.25, 0.3) is 0 Å². The topological polar surface area (TPSA) is 86.2 Å². The SMILES string of the molecule is COc1cc(OCCc2ccnn2C)cc(C(=N)N)c1. The Morgan fingerprint density at radius 3 is 2.70 bits per heavy atom. The van der Waals surface area contributed by atoms with E-state index in [1.165, 1.54) is 0 Å². The molecule has 0 aliphatic rings. The number of nitrogens with two attached hydrogens (primary N) is 1. The van der Waals surface area contributed by atoms with E-state index in [1.54, 1.807) is 31.5 Å². The summed E-state index contributed by atoms with van der Waals surface area (Å²) in [5, 5.41) is 11.6. The van der Waals surface area contributed by atoms with Gasteiger partial charge in [0.15, 0.2) is 0 Å². The predicted octanol–water partition coefficient (Wildman–Crippen LogP) is 1.33. The summed E-state index contributed by atoms with van der Waals surface area (Å²) in [4.78, 5) is 0. The molecule has 0 spiro atoms. The van der Waals surface area contributed by atoms with Gasteiger partial charge in [-0.25, -0.2) is 0 Å². The number of nitrogens with one attached hydrogen (secondary N) is 1. The molecule has 0 amide bonds. The van der Waals surface area contributed by atoms with Gasteiger partial charge in [0.2, 0.25) is 0 Å². The van der Waals surface area contributed by atoms with E-state index in [-0.39, 0.29) is 5.84 Å². The lowest BCUT2D eigenvalue weighted by Crippen LogP contribution is -2.12. The van der Waals surface area contributed by atoms with Crippen LogP contribution >= 0.6 is 0 Å². The van der Waals surface area contributed by atoms with Gasteiger partial charge in [-0.1, -0.05) is 0 Å². The molecule has 6 nitrogen and oxygen atoms in total. The molecule has 0 aliphatic carbocycles. The highest BCUT2D eigenvalue weighted by Gasteiger charge is 2.05. The summed E-state index contributed by atoms with van der Waals surface area (Å²) < 4.78 is 12.7. The summed E-state index contributed by atoms with van der Waals surface area (Å²) in [5.74, 6) is 1.24. The van der Waals surface area contributed by atoms with Crippen LogP contribution in [0.15, 0.2) is 30.5 Å². The number of amidine groups is 1. The Morgan fingerprint density at radius 1 is 1.35 bits per heavy atom. The van der Waals surface area contributed by atoms with Crippen LogP contribution in [0.5, 0.6) is 11.5 Å². The number of nitrogen functional groups attached to an aromatic ring is 1. The van der Waals surface area contributed by atoms with Gasteiger partial charge in [0, 0.05) is 37.0 Å². The molecule has 106 valence electrons. The number of aromatic nitrogens is 2. The molecule has 0 saturated carbocycles. The van der Waals surface area contributed by atoms with Gasteiger partial charge in [0.25, 0.3) is 0 Å². The fourth-order valence-corrected chi connectivity index (χ4v) is 1.85. The highest BCUT2D eigenvalue weighted by atomic mass is 16.5. The number of ether oxygens (including phenoxy) is 2. The predicted molar refractivity (Wildman–Crippen MR) is 76.4 cm³/mol. The molecule has 0 fully saturated rings. The molecule has 0 unspecified atom stereocenters. The smallest absolute Gasteiger partial charge is 0.123 e.